The summed E-state index contributed by atoms with van der Waals surface area (Å²) in [6.45, 7) is 9.50. The Hall–Kier alpha value is -1.63. The summed E-state index contributed by atoms with van der Waals surface area (Å²) < 4.78 is 1.62. The third-order valence-electron chi connectivity index (χ3n) is 3.69. The normalized spacial score (nSPS) is 17.2. The molecule has 2 rings (SSSR count). The zero-order chi connectivity index (χ0) is 14.2. The summed E-state index contributed by atoms with van der Waals surface area (Å²) >= 11 is 0. The summed E-state index contributed by atoms with van der Waals surface area (Å²) in [7, 11) is 1.77. The molecule has 2 heterocycles. The van der Waals surface area contributed by atoms with Crippen molar-refractivity contribution in [1.29, 1.82) is 0 Å². The Labute approximate surface area is 112 Å². The molecule has 1 aromatic rings. The highest BCUT2D eigenvalue weighted by Gasteiger charge is 2.30. The van der Waals surface area contributed by atoms with E-state index in [1.165, 1.54) is 0 Å². The van der Waals surface area contributed by atoms with Crippen molar-refractivity contribution in [2.45, 2.75) is 26.8 Å². The first kappa shape index (κ1) is 13.8. The highest BCUT2D eigenvalue weighted by molar-refractivity contribution is 5.61. The van der Waals surface area contributed by atoms with Crippen LogP contribution in [0.3, 0.4) is 0 Å². The number of hydrogen-bond donors (Lipinski definition) is 0. The average molecular weight is 267 g/mol. The first-order chi connectivity index (χ1) is 8.91. The fourth-order valence-electron chi connectivity index (χ4n) is 2.65. The van der Waals surface area contributed by atoms with Gasteiger partial charge in [-0.15, -0.1) is 0 Å². The second kappa shape index (κ2) is 5.16. The molecular weight excluding hydrogens is 246 g/mol. The van der Waals surface area contributed by atoms with Crippen LogP contribution in [0.5, 0.6) is 0 Å². The summed E-state index contributed by atoms with van der Waals surface area (Å²) in [6.07, 6.45) is 0. The number of aromatic nitrogens is 2. The van der Waals surface area contributed by atoms with Gasteiger partial charge in [0.25, 0.3) is 0 Å². The van der Waals surface area contributed by atoms with Crippen molar-refractivity contribution in [3.05, 3.63) is 15.8 Å². The Kier molecular flexibility index (Phi) is 3.75. The molecule has 0 amide bonds. The van der Waals surface area contributed by atoms with Crippen LogP contribution in [0, 0.1) is 17.0 Å². The van der Waals surface area contributed by atoms with Crippen molar-refractivity contribution < 1.29 is 4.92 Å². The lowest BCUT2D eigenvalue weighted by atomic mass is 10.2. The molecule has 0 aliphatic carbocycles. The minimum atomic E-state index is -0.327. The van der Waals surface area contributed by atoms with E-state index in [1.807, 2.05) is 0 Å². The van der Waals surface area contributed by atoms with Gasteiger partial charge in [-0.1, -0.05) is 0 Å². The Morgan fingerprint density at radius 3 is 2.32 bits per heavy atom. The molecule has 7 heteroatoms. The van der Waals surface area contributed by atoms with Crippen molar-refractivity contribution in [2.75, 3.05) is 31.1 Å². The largest absolute Gasteiger partial charge is 0.349 e. The van der Waals surface area contributed by atoms with Crippen LogP contribution >= 0.6 is 0 Å². The number of nitrogens with zero attached hydrogens (tertiary/aromatic N) is 5. The van der Waals surface area contributed by atoms with E-state index >= 15 is 0 Å². The molecule has 1 fully saturated rings. The monoisotopic (exact) mass is 267 g/mol. The molecule has 106 valence electrons. The summed E-state index contributed by atoms with van der Waals surface area (Å²) in [5.41, 5.74) is 0.620. The maximum absolute atomic E-state index is 11.2. The molecule has 1 aliphatic heterocycles. The average Bonchev–Trinajstić information content (AvgIpc) is 2.64. The van der Waals surface area contributed by atoms with Crippen LogP contribution in [-0.2, 0) is 7.05 Å². The third-order valence-corrected chi connectivity index (χ3v) is 3.69. The van der Waals surface area contributed by atoms with E-state index in [0.717, 1.165) is 26.2 Å². The second-order valence-corrected chi connectivity index (χ2v) is 5.26. The third kappa shape index (κ3) is 2.56. The summed E-state index contributed by atoms with van der Waals surface area (Å²) in [5, 5.41) is 15.4. The highest BCUT2D eigenvalue weighted by atomic mass is 16.6. The molecule has 1 aliphatic rings. The van der Waals surface area contributed by atoms with Gasteiger partial charge in [0, 0.05) is 39.3 Å². The molecule has 0 unspecified atom stereocenters. The van der Waals surface area contributed by atoms with Gasteiger partial charge in [0.2, 0.25) is 5.82 Å². The zero-order valence-corrected chi connectivity index (χ0v) is 12.0. The van der Waals surface area contributed by atoms with Crippen molar-refractivity contribution in [2.24, 2.45) is 7.05 Å². The number of hydrogen-bond acceptors (Lipinski definition) is 5. The van der Waals surface area contributed by atoms with E-state index in [4.69, 9.17) is 0 Å². The smallest absolute Gasteiger partial charge is 0.333 e. The Balaban J connectivity index is 2.22. The van der Waals surface area contributed by atoms with Gasteiger partial charge in [-0.25, -0.2) is 4.68 Å². The molecule has 7 nitrogen and oxygen atoms in total. The first-order valence-corrected chi connectivity index (χ1v) is 6.58. The van der Waals surface area contributed by atoms with Gasteiger partial charge in [0.05, 0.1) is 4.92 Å². The van der Waals surface area contributed by atoms with Gasteiger partial charge in [-0.2, -0.15) is 5.10 Å². The molecule has 0 bridgehead atoms. The number of rotatable bonds is 3. The van der Waals surface area contributed by atoms with Crippen LogP contribution in [0.2, 0.25) is 0 Å². The van der Waals surface area contributed by atoms with Gasteiger partial charge in [0.15, 0.2) is 0 Å². The minimum absolute atomic E-state index is 0.139. The topological polar surface area (TPSA) is 67.4 Å². The van der Waals surface area contributed by atoms with Gasteiger partial charge >= 0.3 is 5.69 Å². The quantitative estimate of drug-likeness (QED) is 0.607. The number of piperazine rings is 1. The van der Waals surface area contributed by atoms with Gasteiger partial charge in [-0.3, -0.25) is 15.0 Å². The van der Waals surface area contributed by atoms with Crippen molar-refractivity contribution in [3.63, 3.8) is 0 Å². The SMILES string of the molecule is Cc1nn(C)c(N2CCN(C(C)C)CC2)c1[N+](=O)[O-]. The first-order valence-electron chi connectivity index (χ1n) is 6.58. The van der Waals surface area contributed by atoms with Gasteiger partial charge in [-0.05, 0) is 20.8 Å². The van der Waals surface area contributed by atoms with Crippen LogP contribution in [0.15, 0.2) is 0 Å². The van der Waals surface area contributed by atoms with Crippen molar-refractivity contribution >= 4 is 11.5 Å². The summed E-state index contributed by atoms with van der Waals surface area (Å²) in [5.74, 6) is 0.630. The number of anilines is 1. The van der Waals surface area contributed by atoms with Crippen molar-refractivity contribution in [3.8, 4) is 0 Å². The lowest BCUT2D eigenvalue weighted by Gasteiger charge is -2.37. The van der Waals surface area contributed by atoms with E-state index < -0.39 is 0 Å². The Morgan fingerprint density at radius 1 is 1.26 bits per heavy atom. The Morgan fingerprint density at radius 2 is 1.84 bits per heavy atom. The molecule has 0 saturated carbocycles. The van der Waals surface area contributed by atoms with Crippen LogP contribution in [0.1, 0.15) is 19.5 Å². The van der Waals surface area contributed by atoms with Gasteiger partial charge in [0.1, 0.15) is 5.69 Å². The van der Waals surface area contributed by atoms with E-state index in [-0.39, 0.29) is 10.6 Å². The predicted octanol–water partition coefficient (Wildman–Crippen LogP) is 1.17. The van der Waals surface area contributed by atoms with Crippen LogP contribution < -0.4 is 4.90 Å². The minimum Gasteiger partial charge on any atom is -0.349 e. The molecule has 0 aromatic carbocycles. The van der Waals surface area contributed by atoms with E-state index in [1.54, 1.807) is 18.7 Å². The molecule has 0 radical (unpaired) electrons. The predicted molar refractivity (Wildman–Crippen MR) is 73.5 cm³/mol. The lowest BCUT2D eigenvalue weighted by molar-refractivity contribution is -0.384. The zero-order valence-electron chi connectivity index (χ0n) is 12.0. The van der Waals surface area contributed by atoms with E-state index in [0.29, 0.717) is 17.6 Å². The van der Waals surface area contributed by atoms with Crippen molar-refractivity contribution in [1.82, 2.24) is 14.7 Å². The Bertz CT molecular complexity index is 475. The van der Waals surface area contributed by atoms with Gasteiger partial charge < -0.3 is 4.90 Å². The van der Waals surface area contributed by atoms with Crippen LogP contribution in [-0.4, -0.2) is 51.8 Å². The lowest BCUT2D eigenvalue weighted by Crippen LogP contribution is -2.49. The fraction of sp³-hybridized carbons (Fsp3) is 0.750. The molecule has 0 atom stereocenters. The molecule has 0 N–H and O–H groups in total. The van der Waals surface area contributed by atoms with E-state index in [2.05, 4.69) is 28.7 Å². The maximum Gasteiger partial charge on any atom is 0.333 e. The molecule has 0 spiro atoms. The molecular formula is C12H21N5O2. The highest BCUT2D eigenvalue weighted by Crippen LogP contribution is 2.31. The van der Waals surface area contributed by atoms with Crippen LogP contribution in [0.4, 0.5) is 11.5 Å². The maximum atomic E-state index is 11.2. The molecule has 1 aromatic heterocycles. The molecule has 1 saturated heterocycles. The standard InChI is InChI=1S/C12H21N5O2/c1-9(2)15-5-7-16(8-6-15)12-11(17(18)19)10(3)13-14(12)4/h9H,5-8H2,1-4H3. The number of aryl methyl sites for hydroxylation is 2. The summed E-state index contributed by atoms with van der Waals surface area (Å²) in [6, 6.07) is 0.519. The summed E-state index contributed by atoms with van der Waals surface area (Å²) in [4.78, 5) is 15.3. The number of nitro groups is 1. The molecule has 19 heavy (non-hydrogen) atoms. The van der Waals surface area contributed by atoms with Crippen LogP contribution in [0.25, 0.3) is 0 Å². The van der Waals surface area contributed by atoms with E-state index in [9.17, 15) is 10.1 Å². The fourth-order valence-corrected chi connectivity index (χ4v) is 2.65. The second-order valence-electron chi connectivity index (χ2n) is 5.26.